The summed E-state index contributed by atoms with van der Waals surface area (Å²) in [4.78, 5) is 33.1. The number of aliphatic carboxylic acids is 1. The van der Waals surface area contributed by atoms with E-state index in [0.717, 1.165) is 44.0 Å². The van der Waals surface area contributed by atoms with E-state index < -0.39 is 23.9 Å². The van der Waals surface area contributed by atoms with Crippen LogP contribution in [0.15, 0.2) is 67.1 Å². The molecule has 1 unspecified atom stereocenters. The molecule has 9 nitrogen and oxygen atoms in total. The summed E-state index contributed by atoms with van der Waals surface area (Å²) in [5.74, 6) is -1.91. The molecule has 38 heavy (non-hydrogen) atoms. The van der Waals surface area contributed by atoms with Gasteiger partial charge in [0.15, 0.2) is 6.10 Å². The minimum absolute atomic E-state index is 0.101. The Kier molecular flexibility index (Phi) is 8.42. The van der Waals surface area contributed by atoms with Crippen molar-refractivity contribution < 1.29 is 32.6 Å². The van der Waals surface area contributed by atoms with Crippen molar-refractivity contribution in [2.24, 2.45) is 0 Å². The van der Waals surface area contributed by atoms with Crippen LogP contribution < -0.4 is 5.32 Å². The third-order valence-corrected chi connectivity index (χ3v) is 6.47. The number of carbonyl (C=O) groups is 2. The van der Waals surface area contributed by atoms with Crippen molar-refractivity contribution in [3.05, 3.63) is 84.2 Å². The van der Waals surface area contributed by atoms with Crippen LogP contribution >= 0.6 is 0 Å². The van der Waals surface area contributed by atoms with Crippen LogP contribution in [-0.2, 0) is 39.6 Å². The van der Waals surface area contributed by atoms with Gasteiger partial charge < -0.3 is 19.7 Å². The van der Waals surface area contributed by atoms with Crippen LogP contribution in [0.5, 0.6) is 0 Å². The van der Waals surface area contributed by atoms with Crippen molar-refractivity contribution in [2.45, 2.75) is 50.4 Å². The lowest BCUT2D eigenvalue weighted by molar-refractivity contribution is -0.192. The molecular formula is C26H28F3N5O4. The zero-order chi connectivity index (χ0) is 27.2. The zero-order valence-corrected chi connectivity index (χ0v) is 20.5. The van der Waals surface area contributed by atoms with Crippen molar-refractivity contribution >= 4 is 11.9 Å². The lowest BCUT2D eigenvalue weighted by Gasteiger charge is -2.45. The van der Waals surface area contributed by atoms with Crippen molar-refractivity contribution in [3.8, 4) is 0 Å². The van der Waals surface area contributed by atoms with Gasteiger partial charge in [-0.2, -0.15) is 13.2 Å². The van der Waals surface area contributed by atoms with Gasteiger partial charge in [0.05, 0.1) is 18.8 Å². The van der Waals surface area contributed by atoms with E-state index >= 15 is 0 Å². The molecule has 3 aromatic rings. The predicted octanol–water partition coefficient (Wildman–Crippen LogP) is 3.12. The van der Waals surface area contributed by atoms with E-state index in [9.17, 15) is 18.0 Å². The van der Waals surface area contributed by atoms with Gasteiger partial charge in [-0.25, -0.2) is 9.78 Å². The van der Waals surface area contributed by atoms with Crippen LogP contribution in [0.1, 0.15) is 29.9 Å². The molecule has 0 aliphatic carbocycles. The van der Waals surface area contributed by atoms with Gasteiger partial charge in [-0.1, -0.05) is 36.4 Å². The number of nitrogens with one attached hydrogen (secondary N) is 1. The van der Waals surface area contributed by atoms with Gasteiger partial charge in [0.1, 0.15) is 11.4 Å². The number of carboxylic acid groups (broad SMARTS) is 1. The fourth-order valence-corrected chi connectivity index (χ4v) is 4.58. The fourth-order valence-electron chi connectivity index (χ4n) is 4.58. The molecule has 2 aliphatic rings. The maximum absolute atomic E-state index is 12.9. The molecule has 12 heteroatoms. The number of pyridine rings is 1. The first-order valence-corrected chi connectivity index (χ1v) is 12.1. The molecule has 5 rings (SSSR count). The molecule has 1 aromatic carbocycles. The fraction of sp³-hybridized carbons (Fsp3) is 0.385. The molecule has 2 aromatic heterocycles. The van der Waals surface area contributed by atoms with Gasteiger partial charge in [0.2, 0.25) is 0 Å². The molecular weight excluding hydrogens is 503 g/mol. The summed E-state index contributed by atoms with van der Waals surface area (Å²) >= 11 is 0. The second-order valence-corrected chi connectivity index (χ2v) is 9.11. The maximum atomic E-state index is 12.9. The van der Waals surface area contributed by atoms with Gasteiger partial charge in [-0.3, -0.25) is 14.7 Å². The zero-order valence-electron chi connectivity index (χ0n) is 20.5. The van der Waals surface area contributed by atoms with Crippen LogP contribution in [-0.4, -0.2) is 61.8 Å². The molecule has 2 aliphatic heterocycles. The summed E-state index contributed by atoms with van der Waals surface area (Å²) in [6.07, 6.45) is 1.52. The van der Waals surface area contributed by atoms with Gasteiger partial charge in [0.25, 0.3) is 5.91 Å². The monoisotopic (exact) mass is 531 g/mol. The molecule has 1 fully saturated rings. The summed E-state index contributed by atoms with van der Waals surface area (Å²) in [6, 6.07) is 16.2. The average molecular weight is 532 g/mol. The lowest BCUT2D eigenvalue weighted by Crippen LogP contribution is -2.53. The van der Waals surface area contributed by atoms with Gasteiger partial charge in [-0.05, 0) is 30.5 Å². The number of hydrogen-bond donors (Lipinski definition) is 2. The minimum Gasteiger partial charge on any atom is -0.475 e. The number of fused-ring (bicyclic) bond motifs is 2. The van der Waals surface area contributed by atoms with E-state index in [-0.39, 0.29) is 5.91 Å². The minimum atomic E-state index is -5.08. The predicted molar refractivity (Wildman–Crippen MR) is 130 cm³/mol. The number of amides is 1. The molecule has 0 bridgehead atoms. The lowest BCUT2D eigenvalue weighted by atomic mass is 9.88. The number of hydrogen-bond acceptors (Lipinski definition) is 6. The van der Waals surface area contributed by atoms with Gasteiger partial charge in [0, 0.05) is 38.2 Å². The standard InChI is InChI=1S/C24H27N5O2.C2HF3O2/c30-22(27-16-20-8-4-5-11-25-20)21-18-29-15-12-26-23(29)24(31-21)9-13-28(14-10-24)17-19-6-2-1-3-7-19;3-2(4,5)1(6)7/h1-8,11-12,15,21H,9-10,13-14,16-18H2,(H,27,30);(H,6,7). The molecule has 4 heterocycles. The Morgan fingerprint density at radius 2 is 1.74 bits per heavy atom. The first-order valence-electron chi connectivity index (χ1n) is 12.1. The second kappa shape index (κ2) is 11.7. The number of nitrogens with zero attached hydrogens (tertiary/aromatic N) is 4. The number of alkyl halides is 3. The largest absolute Gasteiger partial charge is 0.490 e. The van der Waals surface area contributed by atoms with E-state index in [4.69, 9.17) is 14.6 Å². The molecule has 0 saturated carbocycles. The number of piperidine rings is 1. The Balaban J connectivity index is 0.000000426. The van der Waals surface area contributed by atoms with Crippen LogP contribution in [0.4, 0.5) is 13.2 Å². The number of benzene rings is 1. The number of imidazole rings is 1. The van der Waals surface area contributed by atoms with E-state index in [1.54, 1.807) is 6.20 Å². The quantitative estimate of drug-likeness (QED) is 0.521. The molecule has 1 atom stereocenters. The summed E-state index contributed by atoms with van der Waals surface area (Å²) in [5.41, 5.74) is 1.64. The van der Waals surface area contributed by atoms with Crippen molar-refractivity contribution in [1.29, 1.82) is 0 Å². The van der Waals surface area contributed by atoms with Gasteiger partial charge >= 0.3 is 12.1 Å². The molecule has 1 spiro atoms. The van der Waals surface area contributed by atoms with Crippen LogP contribution in [0.25, 0.3) is 0 Å². The Bertz CT molecular complexity index is 1210. The molecule has 1 amide bonds. The highest BCUT2D eigenvalue weighted by Gasteiger charge is 2.47. The van der Waals surface area contributed by atoms with E-state index in [0.29, 0.717) is 13.1 Å². The Hall–Kier alpha value is -3.77. The van der Waals surface area contributed by atoms with E-state index in [1.807, 2.05) is 36.7 Å². The molecule has 1 saturated heterocycles. The number of ether oxygens (including phenoxy) is 1. The molecule has 202 valence electrons. The second-order valence-electron chi connectivity index (χ2n) is 9.11. The number of halogens is 3. The summed E-state index contributed by atoms with van der Waals surface area (Å²) in [7, 11) is 0. The normalized spacial score (nSPS) is 18.7. The van der Waals surface area contributed by atoms with E-state index in [2.05, 4.69) is 49.0 Å². The Labute approximate surface area is 217 Å². The summed E-state index contributed by atoms with van der Waals surface area (Å²) in [6.45, 7) is 3.63. The maximum Gasteiger partial charge on any atom is 0.490 e. The highest BCUT2D eigenvalue weighted by molar-refractivity contribution is 5.80. The van der Waals surface area contributed by atoms with Crippen molar-refractivity contribution in [3.63, 3.8) is 0 Å². The van der Waals surface area contributed by atoms with Crippen LogP contribution in [0, 0.1) is 0 Å². The summed E-state index contributed by atoms with van der Waals surface area (Å²) in [5, 5.41) is 10.1. The van der Waals surface area contributed by atoms with E-state index in [1.165, 1.54) is 5.56 Å². The number of aromatic nitrogens is 3. The topological polar surface area (TPSA) is 110 Å². The third kappa shape index (κ3) is 6.75. The number of likely N-dealkylation sites (tertiary alicyclic amines) is 1. The van der Waals surface area contributed by atoms with Crippen molar-refractivity contribution in [1.82, 2.24) is 24.8 Å². The van der Waals surface area contributed by atoms with Crippen LogP contribution in [0.2, 0.25) is 0 Å². The molecule has 2 N–H and O–H groups in total. The molecule has 0 radical (unpaired) electrons. The Morgan fingerprint density at radius 1 is 1.05 bits per heavy atom. The Morgan fingerprint density at radius 3 is 2.37 bits per heavy atom. The van der Waals surface area contributed by atoms with Crippen molar-refractivity contribution in [2.75, 3.05) is 13.1 Å². The SMILES string of the molecule is O=C(NCc1ccccn1)C1Cn2ccnc2C2(CCN(Cc3ccccc3)CC2)O1.O=C(O)C(F)(F)F. The first kappa shape index (κ1) is 27.3. The van der Waals surface area contributed by atoms with Crippen LogP contribution in [0.3, 0.4) is 0 Å². The van der Waals surface area contributed by atoms with Gasteiger partial charge in [-0.15, -0.1) is 0 Å². The average Bonchev–Trinajstić information content (AvgIpc) is 3.40. The smallest absolute Gasteiger partial charge is 0.475 e. The number of carboxylic acids is 1. The summed E-state index contributed by atoms with van der Waals surface area (Å²) < 4.78 is 40.3. The first-order chi connectivity index (χ1) is 18.2. The third-order valence-electron chi connectivity index (χ3n) is 6.47. The highest BCUT2D eigenvalue weighted by Crippen LogP contribution is 2.40. The highest BCUT2D eigenvalue weighted by atomic mass is 19.4. The number of carbonyl (C=O) groups excluding carboxylic acids is 1. The number of rotatable bonds is 5.